The number of rotatable bonds is 6. The number of carbonyl (C=O) groups is 1. The lowest BCUT2D eigenvalue weighted by Gasteiger charge is -2.33. The van der Waals surface area contributed by atoms with E-state index in [9.17, 15) is 4.79 Å². The van der Waals surface area contributed by atoms with E-state index in [4.69, 9.17) is 11.1 Å². The van der Waals surface area contributed by atoms with Crippen LogP contribution in [0.5, 0.6) is 0 Å². The number of benzene rings is 1. The van der Waals surface area contributed by atoms with Gasteiger partial charge in [0.2, 0.25) is 5.91 Å². The molecule has 0 bridgehead atoms. The predicted molar refractivity (Wildman–Crippen MR) is 118 cm³/mol. The molecule has 0 spiro atoms. The first kappa shape index (κ1) is 20.1. The number of nitrogens with zero attached hydrogens (tertiary/aromatic N) is 3. The number of nitrogens with one attached hydrogen (secondary N) is 4. The van der Waals surface area contributed by atoms with Gasteiger partial charge < -0.3 is 21.7 Å². The van der Waals surface area contributed by atoms with Gasteiger partial charge in [0, 0.05) is 35.9 Å². The summed E-state index contributed by atoms with van der Waals surface area (Å²) in [5.41, 5.74) is 9.07. The lowest BCUT2D eigenvalue weighted by atomic mass is 9.86. The van der Waals surface area contributed by atoms with Crippen LogP contribution >= 0.6 is 0 Å². The molecule has 0 atom stereocenters. The van der Waals surface area contributed by atoms with Crippen molar-refractivity contribution in [2.24, 2.45) is 10.8 Å². The molecule has 0 radical (unpaired) electrons. The summed E-state index contributed by atoms with van der Waals surface area (Å²) in [4.78, 5) is 16.4. The van der Waals surface area contributed by atoms with Crippen LogP contribution in [-0.4, -0.2) is 39.9 Å². The van der Waals surface area contributed by atoms with Crippen LogP contribution in [0.25, 0.3) is 0 Å². The van der Waals surface area contributed by atoms with E-state index in [2.05, 4.69) is 26.0 Å². The van der Waals surface area contributed by atoms with Gasteiger partial charge in [-0.2, -0.15) is 5.10 Å². The maximum absolute atomic E-state index is 12.1. The van der Waals surface area contributed by atoms with Crippen LogP contribution in [0, 0.1) is 5.41 Å². The molecule has 158 valence electrons. The lowest BCUT2D eigenvalue weighted by molar-refractivity contribution is -0.119. The van der Waals surface area contributed by atoms with Crippen LogP contribution in [0.15, 0.2) is 35.7 Å². The standard InChI is InChI=1S/C21H28N8O/c1-12(11-25-14-4-5-16-17(10-14)27-20(30)21(16,2)3)28-29-7-6-24-19(18(29)23)26-15-8-13(22)9-15/h4-7,10,13,15,23,25H,8-9,11,22H2,1-3H3,(H,24,26)(H,27,30)/b23-18?,28-12+. The van der Waals surface area contributed by atoms with Crippen LogP contribution in [0.4, 0.5) is 17.2 Å². The molecule has 4 rings (SSSR count). The van der Waals surface area contributed by atoms with Gasteiger partial charge >= 0.3 is 0 Å². The van der Waals surface area contributed by atoms with E-state index < -0.39 is 5.41 Å². The summed E-state index contributed by atoms with van der Waals surface area (Å²) >= 11 is 0. The number of carbonyl (C=O) groups excluding carboxylic acids is 1. The Morgan fingerprint density at radius 2 is 2.20 bits per heavy atom. The van der Waals surface area contributed by atoms with Crippen molar-refractivity contribution in [2.45, 2.75) is 51.1 Å². The lowest BCUT2D eigenvalue weighted by Crippen LogP contribution is -2.45. The average molecular weight is 409 g/mol. The average Bonchev–Trinajstić information content (AvgIpc) is 2.90. The largest absolute Gasteiger partial charge is 0.380 e. The predicted octanol–water partition coefficient (Wildman–Crippen LogP) is 1.83. The van der Waals surface area contributed by atoms with E-state index in [1.807, 2.05) is 39.0 Å². The van der Waals surface area contributed by atoms with Crippen molar-refractivity contribution in [1.82, 2.24) is 9.66 Å². The van der Waals surface area contributed by atoms with Gasteiger partial charge in [0.15, 0.2) is 11.3 Å². The maximum Gasteiger partial charge on any atom is 0.234 e. The summed E-state index contributed by atoms with van der Waals surface area (Å²) in [7, 11) is 0. The van der Waals surface area contributed by atoms with Crippen LogP contribution in [0.1, 0.15) is 39.2 Å². The van der Waals surface area contributed by atoms with Gasteiger partial charge in [-0.05, 0) is 51.3 Å². The zero-order valence-corrected chi connectivity index (χ0v) is 17.5. The first-order valence-electron chi connectivity index (χ1n) is 10.1. The summed E-state index contributed by atoms with van der Waals surface area (Å²) in [6, 6.07) is 6.39. The van der Waals surface area contributed by atoms with E-state index in [0.717, 1.165) is 35.5 Å². The van der Waals surface area contributed by atoms with Crippen LogP contribution in [0.3, 0.4) is 0 Å². The molecule has 1 fully saturated rings. The van der Waals surface area contributed by atoms with Crippen LogP contribution in [0.2, 0.25) is 0 Å². The van der Waals surface area contributed by atoms with Crippen molar-refractivity contribution in [2.75, 3.05) is 22.5 Å². The zero-order chi connectivity index (χ0) is 21.5. The fourth-order valence-corrected chi connectivity index (χ4v) is 3.73. The molecule has 1 aliphatic carbocycles. The van der Waals surface area contributed by atoms with Gasteiger partial charge in [0.05, 0.1) is 17.7 Å². The first-order chi connectivity index (χ1) is 14.2. The van der Waals surface area contributed by atoms with E-state index in [0.29, 0.717) is 12.4 Å². The minimum atomic E-state index is -0.510. The van der Waals surface area contributed by atoms with Crippen molar-refractivity contribution >= 4 is 28.8 Å². The summed E-state index contributed by atoms with van der Waals surface area (Å²) in [5, 5.41) is 22.4. The molecule has 0 unspecified atom stereocenters. The van der Waals surface area contributed by atoms with Gasteiger partial charge in [0.25, 0.3) is 0 Å². The third-order valence-corrected chi connectivity index (χ3v) is 5.72. The fraction of sp³-hybridized carbons (Fsp3) is 0.429. The zero-order valence-electron chi connectivity index (χ0n) is 17.5. The van der Waals surface area contributed by atoms with E-state index in [1.54, 1.807) is 12.4 Å². The molecule has 2 aliphatic rings. The van der Waals surface area contributed by atoms with Crippen molar-refractivity contribution in [3.8, 4) is 0 Å². The van der Waals surface area contributed by atoms with E-state index in [-0.39, 0.29) is 23.5 Å². The van der Waals surface area contributed by atoms with Gasteiger partial charge in [-0.3, -0.25) is 10.2 Å². The summed E-state index contributed by atoms with van der Waals surface area (Å²) in [6.45, 7) is 6.25. The second-order valence-corrected chi connectivity index (χ2v) is 8.57. The van der Waals surface area contributed by atoms with Crippen LogP contribution < -0.4 is 27.2 Å². The van der Waals surface area contributed by atoms with Gasteiger partial charge in [-0.15, -0.1) is 0 Å². The third-order valence-electron chi connectivity index (χ3n) is 5.72. The molecule has 1 amide bonds. The Hall–Kier alpha value is -3.20. The summed E-state index contributed by atoms with van der Waals surface area (Å²) < 4.78 is 1.51. The highest BCUT2D eigenvalue weighted by atomic mass is 16.2. The number of aromatic nitrogens is 2. The Morgan fingerprint density at radius 3 is 2.93 bits per heavy atom. The molecule has 1 aromatic carbocycles. The summed E-state index contributed by atoms with van der Waals surface area (Å²) in [5.74, 6) is 0.522. The van der Waals surface area contributed by atoms with Crippen molar-refractivity contribution in [1.29, 1.82) is 5.41 Å². The highest BCUT2D eigenvalue weighted by molar-refractivity contribution is 6.06. The Morgan fingerprint density at radius 1 is 1.43 bits per heavy atom. The molecule has 1 aliphatic heterocycles. The van der Waals surface area contributed by atoms with Gasteiger partial charge in [0.1, 0.15) is 0 Å². The molecule has 6 N–H and O–H groups in total. The number of fused-ring (bicyclic) bond motifs is 1. The number of hydrogen-bond acceptors (Lipinski definition) is 7. The molecule has 9 heteroatoms. The van der Waals surface area contributed by atoms with Crippen LogP contribution in [-0.2, 0) is 10.2 Å². The van der Waals surface area contributed by atoms with E-state index in [1.165, 1.54) is 4.68 Å². The molecular weight excluding hydrogens is 380 g/mol. The number of amides is 1. The van der Waals surface area contributed by atoms with Gasteiger partial charge in [-0.1, -0.05) is 6.07 Å². The Balaban J connectivity index is 1.42. The molecule has 2 aromatic rings. The maximum atomic E-state index is 12.1. The molecule has 0 saturated heterocycles. The number of nitrogens with two attached hydrogens (primary N) is 1. The van der Waals surface area contributed by atoms with Crippen molar-refractivity contribution < 1.29 is 4.79 Å². The number of anilines is 3. The summed E-state index contributed by atoms with van der Waals surface area (Å²) in [6.07, 6.45) is 5.08. The second-order valence-electron chi connectivity index (χ2n) is 8.57. The molecule has 1 aromatic heterocycles. The smallest absolute Gasteiger partial charge is 0.234 e. The minimum Gasteiger partial charge on any atom is -0.380 e. The molecule has 9 nitrogen and oxygen atoms in total. The molecule has 1 saturated carbocycles. The van der Waals surface area contributed by atoms with Gasteiger partial charge in [-0.25, -0.2) is 9.66 Å². The monoisotopic (exact) mass is 408 g/mol. The quantitative estimate of drug-likeness (QED) is 0.465. The Kier molecular flexibility index (Phi) is 5.07. The third kappa shape index (κ3) is 3.80. The van der Waals surface area contributed by atoms with Crippen molar-refractivity contribution in [3.05, 3.63) is 41.6 Å². The normalized spacial score (nSPS) is 22.1. The highest BCUT2D eigenvalue weighted by Gasteiger charge is 2.38. The Bertz CT molecular complexity index is 1060. The highest BCUT2D eigenvalue weighted by Crippen LogP contribution is 2.38. The van der Waals surface area contributed by atoms with E-state index >= 15 is 0 Å². The Labute approximate surface area is 175 Å². The minimum absolute atomic E-state index is 0.0118. The molecule has 30 heavy (non-hydrogen) atoms. The first-order valence-corrected chi connectivity index (χ1v) is 10.1. The van der Waals surface area contributed by atoms with Crippen molar-refractivity contribution in [3.63, 3.8) is 0 Å². The SMILES string of the molecule is C/C(CNc1ccc2c(c1)NC(=O)C2(C)C)=N\n1ccnc(NC2CC(N)C2)c1=N. The topological polar surface area (TPSA) is 133 Å². The number of hydrogen-bond donors (Lipinski definition) is 5. The fourth-order valence-electron chi connectivity index (χ4n) is 3.73. The second kappa shape index (κ2) is 7.56. The molecular formula is C21H28N8O. The molecule has 2 heterocycles.